The second-order valence-electron chi connectivity index (χ2n) is 7.09. The van der Waals surface area contributed by atoms with Gasteiger partial charge in [-0.25, -0.2) is 4.68 Å². The molecular weight excluding hydrogens is 374 g/mol. The van der Waals surface area contributed by atoms with Crippen molar-refractivity contribution in [3.63, 3.8) is 0 Å². The van der Waals surface area contributed by atoms with Gasteiger partial charge in [-0.3, -0.25) is 4.79 Å². The maximum Gasteiger partial charge on any atom is 0.276 e. The van der Waals surface area contributed by atoms with Crippen molar-refractivity contribution in [1.82, 2.24) is 19.9 Å². The average Bonchev–Trinajstić information content (AvgIpc) is 3.20. The average molecular weight is 396 g/mol. The molecule has 0 unspecified atom stereocenters. The van der Waals surface area contributed by atoms with Crippen molar-refractivity contribution in [2.24, 2.45) is 0 Å². The molecule has 0 saturated carbocycles. The van der Waals surface area contributed by atoms with Crippen molar-refractivity contribution < 1.29 is 4.79 Å². The zero-order chi connectivity index (χ0) is 19.7. The first-order valence-corrected chi connectivity index (χ1v) is 9.69. The number of halogens is 1. The molecule has 6 nitrogen and oxygen atoms in total. The van der Waals surface area contributed by atoms with Gasteiger partial charge in [0.15, 0.2) is 5.69 Å². The Bertz CT molecular complexity index is 990. The molecule has 0 bridgehead atoms. The Morgan fingerprint density at radius 2 is 1.71 bits per heavy atom. The van der Waals surface area contributed by atoms with Gasteiger partial charge in [-0.1, -0.05) is 28.9 Å². The van der Waals surface area contributed by atoms with E-state index in [1.807, 2.05) is 17.0 Å². The molecule has 1 amide bonds. The van der Waals surface area contributed by atoms with E-state index in [0.29, 0.717) is 23.8 Å². The molecule has 144 valence electrons. The van der Waals surface area contributed by atoms with E-state index in [1.165, 1.54) is 16.8 Å². The zero-order valence-corrected chi connectivity index (χ0v) is 16.7. The number of carbonyl (C=O) groups is 1. The first kappa shape index (κ1) is 18.5. The lowest BCUT2D eigenvalue weighted by atomic mass is 10.1. The minimum Gasteiger partial charge on any atom is -0.368 e. The van der Waals surface area contributed by atoms with Gasteiger partial charge in [0.1, 0.15) is 0 Å². The number of hydrogen-bond acceptors (Lipinski definition) is 4. The second-order valence-corrected chi connectivity index (χ2v) is 7.53. The predicted octanol–water partition coefficient (Wildman–Crippen LogP) is 3.50. The van der Waals surface area contributed by atoms with Crippen LogP contribution >= 0.6 is 11.6 Å². The molecule has 0 atom stereocenters. The van der Waals surface area contributed by atoms with Gasteiger partial charge in [0.2, 0.25) is 0 Å². The number of amides is 1. The number of aromatic nitrogens is 3. The Balaban J connectivity index is 1.43. The number of nitrogens with zero attached hydrogens (tertiary/aromatic N) is 5. The van der Waals surface area contributed by atoms with Gasteiger partial charge in [-0.2, -0.15) is 0 Å². The van der Waals surface area contributed by atoms with Gasteiger partial charge in [0.25, 0.3) is 5.91 Å². The van der Waals surface area contributed by atoms with Gasteiger partial charge >= 0.3 is 0 Å². The van der Waals surface area contributed by atoms with E-state index in [-0.39, 0.29) is 5.91 Å². The molecule has 4 rings (SSSR count). The van der Waals surface area contributed by atoms with Crippen LogP contribution in [0.25, 0.3) is 5.69 Å². The number of piperazine rings is 1. The lowest BCUT2D eigenvalue weighted by molar-refractivity contribution is 0.0740. The third kappa shape index (κ3) is 3.73. The molecule has 1 aliphatic rings. The van der Waals surface area contributed by atoms with E-state index in [0.717, 1.165) is 18.8 Å². The first-order chi connectivity index (χ1) is 13.5. The van der Waals surface area contributed by atoms with E-state index in [2.05, 4.69) is 47.3 Å². The summed E-state index contributed by atoms with van der Waals surface area (Å²) in [6.07, 6.45) is 1.67. The van der Waals surface area contributed by atoms with Gasteiger partial charge in [0, 0.05) is 36.9 Å². The van der Waals surface area contributed by atoms with E-state index < -0.39 is 0 Å². The van der Waals surface area contributed by atoms with Crippen molar-refractivity contribution in [3.05, 3.63) is 70.5 Å². The van der Waals surface area contributed by atoms with Crippen LogP contribution in [-0.4, -0.2) is 52.0 Å². The molecule has 0 N–H and O–H groups in total. The predicted molar refractivity (Wildman–Crippen MR) is 110 cm³/mol. The Morgan fingerprint density at radius 3 is 2.43 bits per heavy atom. The Hall–Kier alpha value is -2.86. The summed E-state index contributed by atoms with van der Waals surface area (Å²) < 4.78 is 1.59. The van der Waals surface area contributed by atoms with Crippen LogP contribution in [0.3, 0.4) is 0 Å². The highest BCUT2D eigenvalue weighted by atomic mass is 35.5. The second kappa shape index (κ2) is 7.64. The third-order valence-corrected chi connectivity index (χ3v) is 5.33. The monoisotopic (exact) mass is 395 g/mol. The van der Waals surface area contributed by atoms with Crippen LogP contribution in [-0.2, 0) is 0 Å². The molecule has 0 aliphatic carbocycles. The third-order valence-electron chi connectivity index (χ3n) is 5.08. The number of hydrogen-bond donors (Lipinski definition) is 0. The minimum absolute atomic E-state index is 0.0826. The number of anilines is 1. The van der Waals surface area contributed by atoms with E-state index >= 15 is 0 Å². The Morgan fingerprint density at radius 1 is 1.00 bits per heavy atom. The lowest BCUT2D eigenvalue weighted by Gasteiger charge is -2.36. The highest BCUT2D eigenvalue weighted by molar-refractivity contribution is 6.30. The van der Waals surface area contributed by atoms with Gasteiger partial charge < -0.3 is 9.80 Å². The van der Waals surface area contributed by atoms with E-state index in [4.69, 9.17) is 11.6 Å². The summed E-state index contributed by atoms with van der Waals surface area (Å²) in [7, 11) is 0. The molecule has 1 aliphatic heterocycles. The molecule has 1 fully saturated rings. The van der Waals surface area contributed by atoms with Crippen molar-refractivity contribution in [3.8, 4) is 5.69 Å². The van der Waals surface area contributed by atoms with Crippen LogP contribution < -0.4 is 4.90 Å². The summed E-state index contributed by atoms with van der Waals surface area (Å²) in [5.74, 6) is -0.0826. The van der Waals surface area contributed by atoms with Crippen molar-refractivity contribution >= 4 is 23.2 Å². The fourth-order valence-electron chi connectivity index (χ4n) is 3.45. The van der Waals surface area contributed by atoms with Crippen LogP contribution in [0.1, 0.15) is 21.6 Å². The van der Waals surface area contributed by atoms with Crippen molar-refractivity contribution in [1.29, 1.82) is 0 Å². The highest BCUT2D eigenvalue weighted by Crippen LogP contribution is 2.23. The quantitative estimate of drug-likeness (QED) is 0.681. The molecule has 7 heteroatoms. The van der Waals surface area contributed by atoms with Crippen LogP contribution in [0.5, 0.6) is 0 Å². The SMILES string of the molecule is Cc1ccc(C)c(N2CCN(C(=O)c3cn(-c4ccc(Cl)cc4)nn3)CC2)c1. The fraction of sp³-hybridized carbons (Fsp3) is 0.286. The Kier molecular flexibility index (Phi) is 5.05. The standard InChI is InChI=1S/C21H22ClN5O/c1-15-3-4-16(2)20(13-15)25-9-11-26(12-10-25)21(28)19-14-27(24-23-19)18-7-5-17(22)6-8-18/h3-8,13-14H,9-12H2,1-2H3. The fourth-order valence-corrected chi connectivity index (χ4v) is 3.58. The number of aryl methyl sites for hydroxylation is 2. The van der Waals surface area contributed by atoms with Crippen LogP contribution in [0.4, 0.5) is 5.69 Å². The molecule has 0 radical (unpaired) electrons. The molecule has 2 heterocycles. The summed E-state index contributed by atoms with van der Waals surface area (Å²) >= 11 is 5.92. The maximum atomic E-state index is 12.8. The molecule has 28 heavy (non-hydrogen) atoms. The maximum absolute atomic E-state index is 12.8. The van der Waals surface area contributed by atoms with Crippen LogP contribution in [0, 0.1) is 13.8 Å². The summed E-state index contributed by atoms with van der Waals surface area (Å²) in [6, 6.07) is 13.7. The Labute approximate surface area is 169 Å². The lowest BCUT2D eigenvalue weighted by Crippen LogP contribution is -2.49. The number of benzene rings is 2. The smallest absolute Gasteiger partial charge is 0.276 e. The molecule has 2 aromatic carbocycles. The summed E-state index contributed by atoms with van der Waals surface area (Å²) in [5, 5.41) is 8.80. The largest absolute Gasteiger partial charge is 0.368 e. The summed E-state index contributed by atoms with van der Waals surface area (Å²) in [6.45, 7) is 7.18. The van der Waals surface area contributed by atoms with Crippen LogP contribution in [0.2, 0.25) is 5.02 Å². The molecule has 1 saturated heterocycles. The van der Waals surface area contributed by atoms with Gasteiger partial charge in [0.05, 0.1) is 11.9 Å². The minimum atomic E-state index is -0.0826. The van der Waals surface area contributed by atoms with Crippen molar-refractivity contribution in [2.75, 3.05) is 31.1 Å². The molecular formula is C21H22ClN5O. The zero-order valence-electron chi connectivity index (χ0n) is 16.0. The molecule has 3 aromatic rings. The number of carbonyl (C=O) groups excluding carboxylic acids is 1. The van der Waals surface area contributed by atoms with E-state index in [1.54, 1.807) is 23.0 Å². The molecule has 1 aromatic heterocycles. The van der Waals surface area contributed by atoms with Crippen LogP contribution in [0.15, 0.2) is 48.7 Å². The topological polar surface area (TPSA) is 54.3 Å². The van der Waals surface area contributed by atoms with E-state index in [9.17, 15) is 4.79 Å². The highest BCUT2D eigenvalue weighted by Gasteiger charge is 2.25. The van der Waals surface area contributed by atoms with Gasteiger partial charge in [-0.15, -0.1) is 5.10 Å². The first-order valence-electron chi connectivity index (χ1n) is 9.31. The van der Waals surface area contributed by atoms with Crippen molar-refractivity contribution in [2.45, 2.75) is 13.8 Å². The normalized spacial score (nSPS) is 14.4. The summed E-state index contributed by atoms with van der Waals surface area (Å²) in [5.41, 5.74) is 4.93. The van der Waals surface area contributed by atoms with Gasteiger partial charge in [-0.05, 0) is 55.3 Å². The summed E-state index contributed by atoms with van der Waals surface area (Å²) in [4.78, 5) is 17.0. The number of rotatable bonds is 3. The molecule has 0 spiro atoms.